The highest BCUT2D eigenvalue weighted by Gasteiger charge is 2.28. The predicted molar refractivity (Wildman–Crippen MR) is 121 cm³/mol. The van der Waals surface area contributed by atoms with Crippen LogP contribution in [0.1, 0.15) is 42.5 Å². The summed E-state index contributed by atoms with van der Waals surface area (Å²) < 4.78 is 54.0. The van der Waals surface area contributed by atoms with E-state index in [4.69, 9.17) is 0 Å². The molecule has 0 unspecified atom stereocenters. The molecule has 2 aliphatic rings. The van der Waals surface area contributed by atoms with E-state index in [-0.39, 0.29) is 15.4 Å². The fourth-order valence-corrected chi connectivity index (χ4v) is 7.13. The van der Waals surface area contributed by atoms with Gasteiger partial charge >= 0.3 is 0 Å². The molecule has 2 saturated heterocycles. The number of carbonyl (C=O) groups is 1. The third-order valence-corrected chi connectivity index (χ3v) is 9.67. The highest BCUT2D eigenvalue weighted by atomic mass is 32.2. The van der Waals surface area contributed by atoms with Crippen molar-refractivity contribution in [2.45, 2.75) is 41.9 Å². The highest BCUT2D eigenvalue weighted by Crippen LogP contribution is 2.24. The number of benzene rings is 2. The van der Waals surface area contributed by atoms with Crippen molar-refractivity contribution in [3.05, 3.63) is 54.1 Å². The number of sulfonamides is 2. The summed E-state index contributed by atoms with van der Waals surface area (Å²) in [4.78, 5) is 13.0. The predicted octanol–water partition coefficient (Wildman–Crippen LogP) is 2.90. The molecule has 10 heteroatoms. The molecule has 2 heterocycles. The first kappa shape index (κ1) is 22.9. The van der Waals surface area contributed by atoms with Crippen LogP contribution in [0.2, 0.25) is 0 Å². The normalized spacial score (nSPS) is 18.5. The maximum atomic E-state index is 12.9. The Balaban J connectivity index is 1.48. The van der Waals surface area contributed by atoms with Gasteiger partial charge in [0, 0.05) is 37.4 Å². The molecule has 0 bridgehead atoms. The van der Waals surface area contributed by atoms with Gasteiger partial charge in [-0.25, -0.2) is 16.8 Å². The molecule has 2 aromatic rings. The average Bonchev–Trinajstić information content (AvgIpc) is 3.36. The average molecular weight is 478 g/mol. The second-order valence-corrected chi connectivity index (χ2v) is 12.0. The van der Waals surface area contributed by atoms with Crippen molar-refractivity contribution < 1.29 is 21.6 Å². The lowest BCUT2D eigenvalue weighted by atomic mass is 10.2. The lowest BCUT2D eigenvalue weighted by Crippen LogP contribution is -2.35. The standard InChI is InChI=1S/C22H27N3O5S2/c26-22(18-9-11-20(12-10-18)31(27,28)24-15-4-5-16-24)23-19-7-6-8-21(17-19)32(29,30)25-13-2-1-3-14-25/h6-12,17H,1-5,13-16H2,(H,23,26). The van der Waals surface area contributed by atoms with Crippen LogP contribution in [0, 0.1) is 0 Å². The maximum absolute atomic E-state index is 12.9. The lowest BCUT2D eigenvalue weighted by Gasteiger charge is -2.26. The van der Waals surface area contributed by atoms with Crippen LogP contribution < -0.4 is 5.32 Å². The van der Waals surface area contributed by atoms with Gasteiger partial charge in [-0.05, 0) is 68.1 Å². The van der Waals surface area contributed by atoms with E-state index in [2.05, 4.69) is 5.32 Å². The van der Waals surface area contributed by atoms with Gasteiger partial charge in [-0.3, -0.25) is 4.79 Å². The van der Waals surface area contributed by atoms with E-state index in [0.29, 0.717) is 31.9 Å². The zero-order chi connectivity index (χ0) is 22.8. The summed E-state index contributed by atoms with van der Waals surface area (Å²) in [6.45, 7) is 2.04. The Labute approximate surface area is 189 Å². The monoisotopic (exact) mass is 477 g/mol. The van der Waals surface area contributed by atoms with Crippen LogP contribution in [0.25, 0.3) is 0 Å². The van der Waals surface area contributed by atoms with Gasteiger partial charge in [-0.1, -0.05) is 12.5 Å². The van der Waals surface area contributed by atoms with Crippen molar-refractivity contribution in [2.24, 2.45) is 0 Å². The van der Waals surface area contributed by atoms with E-state index in [1.54, 1.807) is 12.1 Å². The Morgan fingerprint density at radius 1 is 0.688 bits per heavy atom. The number of nitrogens with zero attached hydrogens (tertiary/aromatic N) is 2. The number of nitrogens with one attached hydrogen (secondary N) is 1. The van der Waals surface area contributed by atoms with Crippen molar-refractivity contribution >= 4 is 31.6 Å². The number of piperidine rings is 1. The summed E-state index contributed by atoms with van der Waals surface area (Å²) in [7, 11) is -7.15. The zero-order valence-electron chi connectivity index (χ0n) is 17.7. The van der Waals surface area contributed by atoms with Crippen LogP contribution in [0.5, 0.6) is 0 Å². The largest absolute Gasteiger partial charge is 0.322 e. The van der Waals surface area contributed by atoms with Crippen LogP contribution in [0.4, 0.5) is 5.69 Å². The molecule has 0 aromatic heterocycles. The molecule has 172 valence electrons. The van der Waals surface area contributed by atoms with Gasteiger partial charge in [0.25, 0.3) is 5.91 Å². The summed E-state index contributed by atoms with van der Waals surface area (Å²) in [5.41, 5.74) is 0.650. The first-order valence-corrected chi connectivity index (χ1v) is 13.7. The van der Waals surface area contributed by atoms with Crippen LogP contribution in [-0.4, -0.2) is 57.5 Å². The number of anilines is 1. The number of hydrogen-bond donors (Lipinski definition) is 1. The Kier molecular flexibility index (Phi) is 6.66. The fraction of sp³-hybridized carbons (Fsp3) is 0.409. The molecule has 0 aliphatic carbocycles. The van der Waals surface area contributed by atoms with Gasteiger partial charge in [0.15, 0.2) is 0 Å². The third kappa shape index (κ3) is 4.73. The molecule has 0 radical (unpaired) electrons. The second-order valence-electron chi connectivity index (χ2n) is 8.08. The van der Waals surface area contributed by atoms with Crippen LogP contribution in [0.15, 0.2) is 58.3 Å². The van der Waals surface area contributed by atoms with Crippen molar-refractivity contribution in [1.82, 2.24) is 8.61 Å². The molecule has 4 rings (SSSR count). The molecule has 0 saturated carbocycles. The molecule has 1 amide bonds. The quantitative estimate of drug-likeness (QED) is 0.689. The van der Waals surface area contributed by atoms with Crippen molar-refractivity contribution in [1.29, 1.82) is 0 Å². The fourth-order valence-electron chi connectivity index (χ4n) is 4.05. The van der Waals surface area contributed by atoms with E-state index in [9.17, 15) is 21.6 Å². The lowest BCUT2D eigenvalue weighted by molar-refractivity contribution is 0.102. The van der Waals surface area contributed by atoms with E-state index < -0.39 is 26.0 Å². The highest BCUT2D eigenvalue weighted by molar-refractivity contribution is 7.89. The number of rotatable bonds is 6. The van der Waals surface area contributed by atoms with Crippen LogP contribution >= 0.6 is 0 Å². The van der Waals surface area contributed by atoms with Crippen molar-refractivity contribution in [3.8, 4) is 0 Å². The third-order valence-electron chi connectivity index (χ3n) is 5.86. The van der Waals surface area contributed by atoms with Gasteiger partial charge in [0.05, 0.1) is 9.79 Å². The van der Waals surface area contributed by atoms with E-state index in [1.807, 2.05) is 0 Å². The molecule has 2 fully saturated rings. The molecule has 2 aromatic carbocycles. The smallest absolute Gasteiger partial charge is 0.255 e. The minimum Gasteiger partial charge on any atom is -0.322 e. The topological polar surface area (TPSA) is 104 Å². The van der Waals surface area contributed by atoms with Gasteiger partial charge in [-0.2, -0.15) is 8.61 Å². The summed E-state index contributed by atoms with van der Waals surface area (Å²) in [5, 5.41) is 2.71. The van der Waals surface area contributed by atoms with E-state index in [0.717, 1.165) is 32.1 Å². The number of hydrogen-bond acceptors (Lipinski definition) is 5. The van der Waals surface area contributed by atoms with Gasteiger partial charge in [-0.15, -0.1) is 0 Å². The van der Waals surface area contributed by atoms with Crippen molar-refractivity contribution in [3.63, 3.8) is 0 Å². The number of amides is 1. The van der Waals surface area contributed by atoms with Crippen LogP contribution in [-0.2, 0) is 20.0 Å². The zero-order valence-corrected chi connectivity index (χ0v) is 19.4. The molecule has 1 N–H and O–H groups in total. The Bertz CT molecular complexity index is 1180. The molecular formula is C22H27N3O5S2. The van der Waals surface area contributed by atoms with E-state index in [1.165, 1.54) is 45.0 Å². The molecule has 0 spiro atoms. The molecular weight excluding hydrogens is 450 g/mol. The second kappa shape index (κ2) is 9.30. The maximum Gasteiger partial charge on any atom is 0.255 e. The Hall–Kier alpha value is -2.27. The van der Waals surface area contributed by atoms with Gasteiger partial charge < -0.3 is 5.32 Å². The summed E-state index contributed by atoms with van der Waals surface area (Å²) in [6.07, 6.45) is 4.43. The number of carbonyl (C=O) groups excluding carboxylic acids is 1. The van der Waals surface area contributed by atoms with Gasteiger partial charge in [0.1, 0.15) is 0 Å². The molecule has 8 nitrogen and oxygen atoms in total. The van der Waals surface area contributed by atoms with Gasteiger partial charge in [0.2, 0.25) is 20.0 Å². The molecule has 0 atom stereocenters. The summed E-state index contributed by atoms with van der Waals surface area (Å²) >= 11 is 0. The van der Waals surface area contributed by atoms with Crippen molar-refractivity contribution in [2.75, 3.05) is 31.5 Å². The van der Waals surface area contributed by atoms with E-state index >= 15 is 0 Å². The first-order chi connectivity index (χ1) is 15.3. The Morgan fingerprint density at radius 2 is 1.22 bits per heavy atom. The minimum atomic E-state index is -3.60. The first-order valence-electron chi connectivity index (χ1n) is 10.8. The summed E-state index contributed by atoms with van der Waals surface area (Å²) in [5.74, 6) is -0.442. The minimum absolute atomic E-state index is 0.143. The Morgan fingerprint density at radius 3 is 1.81 bits per heavy atom. The summed E-state index contributed by atoms with van der Waals surface area (Å²) in [6, 6.07) is 12.0. The SMILES string of the molecule is O=C(Nc1cccc(S(=O)(=O)N2CCCCC2)c1)c1ccc(S(=O)(=O)N2CCCC2)cc1. The van der Waals surface area contributed by atoms with Crippen LogP contribution in [0.3, 0.4) is 0 Å². The molecule has 2 aliphatic heterocycles. The molecule has 32 heavy (non-hydrogen) atoms.